The van der Waals surface area contributed by atoms with Gasteiger partial charge in [-0.05, 0) is 42.8 Å². The Morgan fingerprint density at radius 2 is 1.95 bits per heavy atom. The van der Waals surface area contributed by atoms with Crippen LogP contribution >= 0.6 is 0 Å². The van der Waals surface area contributed by atoms with Crippen LogP contribution in [0.5, 0.6) is 0 Å². The normalized spacial score (nSPS) is 10.7. The Bertz CT molecular complexity index is 767. The lowest BCUT2D eigenvalue weighted by Gasteiger charge is -2.00. The van der Waals surface area contributed by atoms with Gasteiger partial charge < -0.3 is 10.3 Å². The van der Waals surface area contributed by atoms with E-state index in [0.29, 0.717) is 23.0 Å². The largest absolute Gasteiger partial charge is 0.399 e. The van der Waals surface area contributed by atoms with Crippen molar-refractivity contribution in [3.8, 4) is 22.8 Å². The van der Waals surface area contributed by atoms with Gasteiger partial charge in [-0.15, -0.1) is 0 Å². The number of rotatable bonds is 2. The molecule has 3 rings (SSSR count). The molecule has 0 atom stereocenters. The monoisotopic (exact) mass is 269 g/mol. The highest BCUT2D eigenvalue weighted by molar-refractivity contribution is 5.63. The van der Waals surface area contributed by atoms with E-state index in [1.54, 1.807) is 18.2 Å². The zero-order valence-electron chi connectivity index (χ0n) is 10.8. The number of hydrogen-bond donors (Lipinski definition) is 1. The number of halogens is 1. The van der Waals surface area contributed by atoms with E-state index in [0.717, 1.165) is 11.1 Å². The summed E-state index contributed by atoms with van der Waals surface area (Å²) in [6.07, 6.45) is 0. The fourth-order valence-electron chi connectivity index (χ4n) is 1.89. The summed E-state index contributed by atoms with van der Waals surface area (Å²) in [4.78, 5) is 4.28. The number of nitrogens with zero attached hydrogens (tertiary/aromatic N) is 2. The van der Waals surface area contributed by atoms with Gasteiger partial charge >= 0.3 is 0 Å². The minimum absolute atomic E-state index is 0.336. The Kier molecular flexibility index (Phi) is 2.95. The predicted molar refractivity (Wildman–Crippen MR) is 74.3 cm³/mol. The van der Waals surface area contributed by atoms with Gasteiger partial charge in [0.2, 0.25) is 5.82 Å². The minimum Gasteiger partial charge on any atom is -0.399 e. The number of hydrogen-bond acceptors (Lipinski definition) is 4. The van der Waals surface area contributed by atoms with Crippen molar-refractivity contribution in [1.82, 2.24) is 10.1 Å². The van der Waals surface area contributed by atoms with E-state index in [9.17, 15) is 4.39 Å². The minimum atomic E-state index is -0.336. The number of nitrogen functional groups attached to an aromatic ring is 1. The van der Waals surface area contributed by atoms with Gasteiger partial charge in [0.05, 0.1) is 0 Å². The molecule has 0 amide bonds. The molecule has 3 aromatic rings. The Balaban J connectivity index is 1.99. The maximum atomic E-state index is 13.2. The van der Waals surface area contributed by atoms with E-state index < -0.39 is 0 Å². The van der Waals surface area contributed by atoms with Crippen LogP contribution in [0.25, 0.3) is 22.8 Å². The molecule has 0 saturated heterocycles. The van der Waals surface area contributed by atoms with Crippen molar-refractivity contribution in [3.63, 3.8) is 0 Å². The van der Waals surface area contributed by atoms with Crippen molar-refractivity contribution < 1.29 is 8.91 Å². The molecule has 5 heteroatoms. The van der Waals surface area contributed by atoms with Crippen molar-refractivity contribution in [2.24, 2.45) is 0 Å². The smallest absolute Gasteiger partial charge is 0.258 e. The van der Waals surface area contributed by atoms with Crippen LogP contribution in [-0.4, -0.2) is 10.1 Å². The molecular formula is C15H12FN3O. The second kappa shape index (κ2) is 4.77. The first kappa shape index (κ1) is 12.3. The first-order valence-electron chi connectivity index (χ1n) is 6.09. The first-order chi connectivity index (χ1) is 9.63. The van der Waals surface area contributed by atoms with Crippen LogP contribution in [0, 0.1) is 12.7 Å². The standard InChI is InChI=1S/C15H12FN3O/c1-9-7-11(5-6-13(9)17)15-18-14(19-20-15)10-3-2-4-12(16)8-10/h2-8H,17H2,1H3. The highest BCUT2D eigenvalue weighted by Crippen LogP contribution is 2.25. The van der Waals surface area contributed by atoms with Crippen LogP contribution in [0.4, 0.5) is 10.1 Å². The predicted octanol–water partition coefficient (Wildman–Crippen LogP) is 3.43. The van der Waals surface area contributed by atoms with E-state index in [-0.39, 0.29) is 5.82 Å². The van der Waals surface area contributed by atoms with Gasteiger partial charge in [0.1, 0.15) is 5.82 Å². The first-order valence-corrected chi connectivity index (χ1v) is 6.09. The Morgan fingerprint density at radius 1 is 1.10 bits per heavy atom. The fraction of sp³-hybridized carbons (Fsp3) is 0.0667. The topological polar surface area (TPSA) is 64.9 Å². The lowest BCUT2D eigenvalue weighted by Crippen LogP contribution is -1.89. The highest BCUT2D eigenvalue weighted by atomic mass is 19.1. The molecule has 0 unspecified atom stereocenters. The molecule has 0 aliphatic heterocycles. The zero-order valence-corrected chi connectivity index (χ0v) is 10.8. The number of aromatic nitrogens is 2. The van der Waals surface area contributed by atoms with E-state index in [1.807, 2.05) is 19.1 Å². The maximum absolute atomic E-state index is 13.2. The lowest BCUT2D eigenvalue weighted by atomic mass is 10.1. The summed E-state index contributed by atoms with van der Waals surface area (Å²) >= 11 is 0. The Hall–Kier alpha value is -2.69. The van der Waals surface area contributed by atoms with E-state index in [2.05, 4.69) is 10.1 Å². The summed E-state index contributed by atoms with van der Waals surface area (Å²) in [5.41, 5.74) is 8.78. The molecule has 4 nitrogen and oxygen atoms in total. The molecule has 1 heterocycles. The quantitative estimate of drug-likeness (QED) is 0.724. The SMILES string of the molecule is Cc1cc(-c2nc(-c3cccc(F)c3)no2)ccc1N. The van der Waals surface area contributed by atoms with Gasteiger partial charge in [0, 0.05) is 16.8 Å². The summed E-state index contributed by atoms with van der Waals surface area (Å²) < 4.78 is 18.4. The van der Waals surface area contributed by atoms with Crippen LogP contribution in [0.3, 0.4) is 0 Å². The van der Waals surface area contributed by atoms with Crippen molar-refractivity contribution >= 4 is 5.69 Å². The molecule has 100 valence electrons. The molecule has 0 bridgehead atoms. The molecule has 20 heavy (non-hydrogen) atoms. The fourth-order valence-corrected chi connectivity index (χ4v) is 1.89. The second-order valence-corrected chi connectivity index (χ2v) is 4.50. The van der Waals surface area contributed by atoms with E-state index >= 15 is 0 Å². The summed E-state index contributed by atoms with van der Waals surface area (Å²) in [5.74, 6) is 0.401. The average Bonchev–Trinajstić information content (AvgIpc) is 2.92. The molecule has 0 radical (unpaired) electrons. The van der Waals surface area contributed by atoms with Crippen molar-refractivity contribution in [2.75, 3.05) is 5.73 Å². The molecule has 0 saturated carbocycles. The summed E-state index contributed by atoms with van der Waals surface area (Å²) in [6, 6.07) is 11.5. The second-order valence-electron chi connectivity index (χ2n) is 4.50. The summed E-state index contributed by atoms with van der Waals surface area (Å²) in [6.45, 7) is 1.91. The molecule has 0 aliphatic rings. The molecule has 0 spiro atoms. The Morgan fingerprint density at radius 3 is 2.70 bits per heavy atom. The van der Waals surface area contributed by atoms with Crippen molar-refractivity contribution in [2.45, 2.75) is 6.92 Å². The van der Waals surface area contributed by atoms with E-state index in [4.69, 9.17) is 10.3 Å². The highest BCUT2D eigenvalue weighted by Gasteiger charge is 2.11. The lowest BCUT2D eigenvalue weighted by molar-refractivity contribution is 0.432. The number of aryl methyl sites for hydroxylation is 1. The van der Waals surface area contributed by atoms with Crippen LogP contribution in [0.15, 0.2) is 47.0 Å². The number of nitrogens with two attached hydrogens (primary N) is 1. The molecule has 0 fully saturated rings. The third kappa shape index (κ3) is 2.25. The Labute approximate surface area is 115 Å². The van der Waals surface area contributed by atoms with Crippen LogP contribution in [-0.2, 0) is 0 Å². The zero-order chi connectivity index (χ0) is 14.1. The van der Waals surface area contributed by atoms with Gasteiger partial charge in [-0.25, -0.2) is 4.39 Å². The molecule has 1 aromatic heterocycles. The maximum Gasteiger partial charge on any atom is 0.258 e. The van der Waals surface area contributed by atoms with Crippen molar-refractivity contribution in [1.29, 1.82) is 0 Å². The molecule has 2 aromatic carbocycles. The van der Waals surface area contributed by atoms with Gasteiger partial charge in [-0.1, -0.05) is 17.3 Å². The number of anilines is 1. The number of benzene rings is 2. The molecular weight excluding hydrogens is 257 g/mol. The third-order valence-electron chi connectivity index (χ3n) is 3.03. The van der Waals surface area contributed by atoms with Gasteiger partial charge in [0.25, 0.3) is 5.89 Å². The van der Waals surface area contributed by atoms with Gasteiger partial charge in [-0.3, -0.25) is 0 Å². The summed E-state index contributed by atoms with van der Waals surface area (Å²) in [7, 11) is 0. The third-order valence-corrected chi connectivity index (χ3v) is 3.03. The molecule has 0 aliphatic carbocycles. The van der Waals surface area contributed by atoms with Crippen LogP contribution in [0.1, 0.15) is 5.56 Å². The van der Waals surface area contributed by atoms with Crippen molar-refractivity contribution in [3.05, 3.63) is 53.8 Å². The van der Waals surface area contributed by atoms with Crippen LogP contribution in [0.2, 0.25) is 0 Å². The van der Waals surface area contributed by atoms with E-state index in [1.165, 1.54) is 12.1 Å². The van der Waals surface area contributed by atoms with Gasteiger partial charge in [0.15, 0.2) is 0 Å². The summed E-state index contributed by atoms with van der Waals surface area (Å²) in [5, 5.41) is 3.87. The van der Waals surface area contributed by atoms with Gasteiger partial charge in [-0.2, -0.15) is 4.98 Å². The molecule has 2 N–H and O–H groups in total. The average molecular weight is 269 g/mol. The van der Waals surface area contributed by atoms with Crippen LogP contribution < -0.4 is 5.73 Å².